The van der Waals surface area contributed by atoms with E-state index in [2.05, 4.69) is 10.3 Å². The van der Waals surface area contributed by atoms with Gasteiger partial charge < -0.3 is 10.1 Å². The van der Waals surface area contributed by atoms with Gasteiger partial charge in [-0.25, -0.2) is 4.98 Å². The quantitative estimate of drug-likeness (QED) is 0.863. The molecule has 0 saturated heterocycles. The van der Waals surface area contributed by atoms with Crippen molar-refractivity contribution in [1.29, 1.82) is 0 Å². The maximum atomic E-state index is 5.78. The predicted octanol–water partition coefficient (Wildman–Crippen LogP) is 2.06. The van der Waals surface area contributed by atoms with Crippen LogP contribution in [0.1, 0.15) is 17.8 Å². The molecular formula is C9H13ClN2OS. The molecule has 0 radical (unpaired) electrons. The lowest BCUT2D eigenvalue weighted by Crippen LogP contribution is -2.44. The smallest absolute Gasteiger partial charge is 0.113 e. The SMILES string of the molecule is COC1CC(NCc2ncc(Cl)s2)C1. The second-order valence-corrected chi connectivity index (χ2v) is 5.21. The van der Waals surface area contributed by atoms with Crippen molar-refractivity contribution in [2.45, 2.75) is 31.5 Å². The van der Waals surface area contributed by atoms with Gasteiger partial charge in [0.2, 0.25) is 0 Å². The number of aromatic nitrogens is 1. The number of halogens is 1. The topological polar surface area (TPSA) is 34.1 Å². The molecule has 1 fully saturated rings. The normalized spacial score (nSPS) is 26.1. The van der Waals surface area contributed by atoms with Gasteiger partial charge in [-0.2, -0.15) is 0 Å². The number of hydrogen-bond donors (Lipinski definition) is 1. The Morgan fingerprint density at radius 2 is 2.50 bits per heavy atom. The highest BCUT2D eigenvalue weighted by Gasteiger charge is 2.28. The maximum absolute atomic E-state index is 5.78. The van der Waals surface area contributed by atoms with Crippen LogP contribution in [0, 0.1) is 0 Å². The average molecular weight is 233 g/mol. The van der Waals surface area contributed by atoms with E-state index < -0.39 is 0 Å². The van der Waals surface area contributed by atoms with E-state index in [1.165, 1.54) is 11.3 Å². The third kappa shape index (κ3) is 2.45. The molecule has 0 aromatic carbocycles. The summed E-state index contributed by atoms with van der Waals surface area (Å²) in [6, 6.07) is 0.586. The molecule has 0 aliphatic heterocycles. The molecule has 3 nitrogen and oxygen atoms in total. The van der Waals surface area contributed by atoms with Crippen molar-refractivity contribution in [3.63, 3.8) is 0 Å². The zero-order valence-electron chi connectivity index (χ0n) is 8.00. The number of nitrogens with zero attached hydrogens (tertiary/aromatic N) is 1. The standard InChI is InChI=1S/C9H13ClN2OS/c1-13-7-2-6(3-7)11-5-9-12-4-8(10)14-9/h4,6-7,11H,2-3,5H2,1H3. The highest BCUT2D eigenvalue weighted by Crippen LogP contribution is 2.24. The minimum atomic E-state index is 0.451. The van der Waals surface area contributed by atoms with E-state index in [4.69, 9.17) is 16.3 Å². The molecule has 78 valence electrons. The molecule has 5 heteroatoms. The van der Waals surface area contributed by atoms with Crippen molar-refractivity contribution in [3.05, 3.63) is 15.5 Å². The van der Waals surface area contributed by atoms with Gasteiger partial charge in [0.25, 0.3) is 0 Å². The summed E-state index contributed by atoms with van der Waals surface area (Å²) in [6.45, 7) is 0.818. The van der Waals surface area contributed by atoms with Crippen molar-refractivity contribution >= 4 is 22.9 Å². The molecule has 0 amide bonds. The molecule has 1 aliphatic rings. The summed E-state index contributed by atoms with van der Waals surface area (Å²) in [5.41, 5.74) is 0. The first-order chi connectivity index (χ1) is 6.78. The van der Waals surface area contributed by atoms with E-state index in [0.29, 0.717) is 12.1 Å². The Kier molecular flexibility index (Phi) is 3.38. The van der Waals surface area contributed by atoms with Crippen LogP contribution in [0.25, 0.3) is 0 Å². The largest absolute Gasteiger partial charge is 0.381 e. The zero-order chi connectivity index (χ0) is 9.97. The summed E-state index contributed by atoms with van der Waals surface area (Å²) in [4.78, 5) is 4.18. The van der Waals surface area contributed by atoms with Crippen LogP contribution in [-0.4, -0.2) is 24.2 Å². The van der Waals surface area contributed by atoms with Gasteiger partial charge in [0.05, 0.1) is 12.3 Å². The Balaban J connectivity index is 1.69. The summed E-state index contributed by atoms with van der Waals surface area (Å²) in [5, 5.41) is 4.47. The molecule has 1 aliphatic carbocycles. The van der Waals surface area contributed by atoms with E-state index in [9.17, 15) is 0 Å². The second kappa shape index (κ2) is 4.57. The predicted molar refractivity (Wildman–Crippen MR) is 57.8 cm³/mol. The van der Waals surface area contributed by atoms with Gasteiger partial charge in [-0.05, 0) is 12.8 Å². The average Bonchev–Trinajstić information content (AvgIpc) is 2.49. The first kappa shape index (κ1) is 10.4. The highest BCUT2D eigenvalue weighted by atomic mass is 35.5. The van der Waals surface area contributed by atoms with Gasteiger partial charge in [0.15, 0.2) is 0 Å². The molecule has 1 aromatic heterocycles. The van der Waals surface area contributed by atoms with Gasteiger partial charge in [0, 0.05) is 19.7 Å². The van der Waals surface area contributed by atoms with Gasteiger partial charge in [-0.15, -0.1) is 11.3 Å². The minimum Gasteiger partial charge on any atom is -0.381 e. The van der Waals surface area contributed by atoms with Gasteiger partial charge in [-0.1, -0.05) is 11.6 Å². The van der Waals surface area contributed by atoms with Crippen LogP contribution in [0.3, 0.4) is 0 Å². The number of ether oxygens (including phenoxy) is 1. The summed E-state index contributed by atoms with van der Waals surface area (Å²) in [7, 11) is 1.77. The van der Waals surface area contributed by atoms with E-state index >= 15 is 0 Å². The molecule has 1 aromatic rings. The fraction of sp³-hybridized carbons (Fsp3) is 0.667. The van der Waals surface area contributed by atoms with Crippen LogP contribution in [0.15, 0.2) is 6.20 Å². The number of nitrogens with one attached hydrogen (secondary N) is 1. The molecule has 2 rings (SSSR count). The third-order valence-electron chi connectivity index (χ3n) is 2.50. The molecule has 0 spiro atoms. The zero-order valence-corrected chi connectivity index (χ0v) is 9.57. The van der Waals surface area contributed by atoms with Crippen LogP contribution >= 0.6 is 22.9 Å². The van der Waals surface area contributed by atoms with Gasteiger partial charge >= 0.3 is 0 Å². The minimum absolute atomic E-state index is 0.451. The summed E-state index contributed by atoms with van der Waals surface area (Å²) < 4.78 is 5.95. The Labute approximate surface area is 92.4 Å². The molecule has 0 bridgehead atoms. The van der Waals surface area contributed by atoms with E-state index in [0.717, 1.165) is 28.7 Å². The first-order valence-electron chi connectivity index (χ1n) is 4.64. The lowest BCUT2D eigenvalue weighted by molar-refractivity contribution is 0.0170. The maximum Gasteiger partial charge on any atom is 0.113 e. The van der Waals surface area contributed by atoms with Gasteiger partial charge in [-0.3, -0.25) is 0 Å². The van der Waals surface area contributed by atoms with E-state index in [1.54, 1.807) is 13.3 Å². The first-order valence-corrected chi connectivity index (χ1v) is 5.83. The van der Waals surface area contributed by atoms with Crippen molar-refractivity contribution in [2.75, 3.05) is 7.11 Å². The second-order valence-electron chi connectivity index (χ2n) is 3.47. The number of hydrogen-bond acceptors (Lipinski definition) is 4. The Morgan fingerprint density at radius 3 is 3.07 bits per heavy atom. The monoisotopic (exact) mass is 232 g/mol. The summed E-state index contributed by atoms with van der Waals surface area (Å²) in [6.07, 6.45) is 4.36. The van der Waals surface area contributed by atoms with E-state index in [1.807, 2.05) is 0 Å². The van der Waals surface area contributed by atoms with Crippen LogP contribution in [0.2, 0.25) is 4.34 Å². The van der Waals surface area contributed by atoms with Crippen LogP contribution in [-0.2, 0) is 11.3 Å². The lowest BCUT2D eigenvalue weighted by atomic mass is 9.89. The number of methoxy groups -OCH3 is 1. The van der Waals surface area contributed by atoms with Crippen LogP contribution in [0.4, 0.5) is 0 Å². The molecule has 0 atom stereocenters. The summed E-state index contributed by atoms with van der Waals surface area (Å²) in [5.74, 6) is 0. The lowest BCUT2D eigenvalue weighted by Gasteiger charge is -2.34. The number of thiazole rings is 1. The molecule has 0 unspecified atom stereocenters. The third-order valence-corrected chi connectivity index (χ3v) is 3.61. The molecule has 14 heavy (non-hydrogen) atoms. The molecule has 1 heterocycles. The van der Waals surface area contributed by atoms with Crippen LogP contribution < -0.4 is 5.32 Å². The molecule has 1 N–H and O–H groups in total. The highest BCUT2D eigenvalue weighted by molar-refractivity contribution is 7.15. The summed E-state index contributed by atoms with van der Waals surface area (Å²) >= 11 is 7.31. The molecular weight excluding hydrogens is 220 g/mol. The van der Waals surface area contributed by atoms with Crippen LogP contribution in [0.5, 0.6) is 0 Å². The molecule has 1 saturated carbocycles. The van der Waals surface area contributed by atoms with Crippen molar-refractivity contribution in [2.24, 2.45) is 0 Å². The number of rotatable bonds is 4. The van der Waals surface area contributed by atoms with Gasteiger partial charge in [0.1, 0.15) is 9.34 Å². The van der Waals surface area contributed by atoms with E-state index in [-0.39, 0.29) is 0 Å². The van der Waals surface area contributed by atoms with Crippen molar-refractivity contribution in [1.82, 2.24) is 10.3 Å². The Bertz CT molecular complexity index is 299. The van der Waals surface area contributed by atoms with Crippen molar-refractivity contribution < 1.29 is 4.74 Å². The fourth-order valence-electron chi connectivity index (χ4n) is 1.53. The van der Waals surface area contributed by atoms with Crippen molar-refractivity contribution in [3.8, 4) is 0 Å². The fourth-order valence-corrected chi connectivity index (χ4v) is 2.43. The Hall–Kier alpha value is -0.160. The Morgan fingerprint density at radius 1 is 1.71 bits per heavy atom.